The van der Waals surface area contributed by atoms with E-state index in [-0.39, 0.29) is 0 Å². The molecule has 2 N–H and O–H groups in total. The second kappa shape index (κ2) is 3.60. The zero-order valence-electron chi connectivity index (χ0n) is 7.12. The Kier molecular flexibility index (Phi) is 2.49. The highest BCUT2D eigenvalue weighted by Crippen LogP contribution is 2.24. The fraction of sp³-hybridized carbons (Fsp3) is 0.750. The lowest BCUT2D eigenvalue weighted by Gasteiger charge is -2.23. The molecule has 2 heterocycles. The Labute approximate surface area is 72.9 Å². The number of hydrogen-bond donors (Lipinski definition) is 2. The summed E-state index contributed by atoms with van der Waals surface area (Å²) in [5.74, 6) is 2.50. The average molecular weight is 167 g/mol. The first-order valence-corrected chi connectivity index (χ1v) is 4.57. The van der Waals surface area contributed by atoms with Gasteiger partial charge in [0, 0.05) is 0 Å². The molecule has 1 saturated heterocycles. The number of nitrogens with one attached hydrogen (secondary N) is 1. The molecule has 12 heavy (non-hydrogen) atoms. The van der Waals surface area contributed by atoms with Crippen molar-refractivity contribution >= 4 is 7.12 Å². The molecule has 0 radical (unpaired) electrons. The fourth-order valence-corrected chi connectivity index (χ4v) is 1.91. The van der Waals surface area contributed by atoms with E-state index in [0.29, 0.717) is 12.5 Å². The van der Waals surface area contributed by atoms with Crippen molar-refractivity contribution in [2.45, 2.75) is 12.8 Å². The Morgan fingerprint density at radius 1 is 1.50 bits per heavy atom. The molecule has 0 atom stereocenters. The van der Waals surface area contributed by atoms with Gasteiger partial charge in [-0.05, 0) is 31.8 Å². The first-order valence-electron chi connectivity index (χ1n) is 4.57. The maximum Gasteiger partial charge on any atom is 0.483 e. The quantitative estimate of drug-likeness (QED) is 0.538. The van der Waals surface area contributed by atoms with E-state index in [1.165, 1.54) is 18.4 Å². The first kappa shape index (κ1) is 8.29. The molecule has 1 fully saturated rings. The Hall–Kier alpha value is -0.315. The smallest absolute Gasteiger partial charge is 0.423 e. The van der Waals surface area contributed by atoms with Gasteiger partial charge in [0.15, 0.2) is 0 Å². The third-order valence-corrected chi connectivity index (χ3v) is 2.64. The predicted octanol–water partition coefficient (Wildman–Crippen LogP) is -0.0377. The number of hydrogen-bond acceptors (Lipinski definition) is 3. The van der Waals surface area contributed by atoms with Crippen molar-refractivity contribution in [3.05, 3.63) is 11.5 Å². The Morgan fingerprint density at radius 3 is 2.83 bits per heavy atom. The van der Waals surface area contributed by atoms with Gasteiger partial charge in [0.2, 0.25) is 0 Å². The van der Waals surface area contributed by atoms with Gasteiger partial charge in [-0.1, -0.05) is 11.5 Å². The summed E-state index contributed by atoms with van der Waals surface area (Å²) < 4.78 is 5.06. The monoisotopic (exact) mass is 167 g/mol. The third-order valence-electron chi connectivity index (χ3n) is 2.64. The Balaban J connectivity index is 1.94. The molecular weight excluding hydrogens is 153 g/mol. The minimum atomic E-state index is -0.644. The van der Waals surface area contributed by atoms with Crippen molar-refractivity contribution in [2.75, 3.05) is 19.7 Å². The molecule has 66 valence electrons. The van der Waals surface area contributed by atoms with Crippen LogP contribution in [0.15, 0.2) is 11.5 Å². The molecule has 0 aromatic rings. The van der Waals surface area contributed by atoms with Crippen LogP contribution in [0.5, 0.6) is 0 Å². The normalized spacial score (nSPS) is 26.1. The lowest BCUT2D eigenvalue weighted by molar-refractivity contribution is 0.292. The molecule has 0 aliphatic carbocycles. The molecule has 0 amide bonds. The largest absolute Gasteiger partial charge is 0.483 e. The van der Waals surface area contributed by atoms with Gasteiger partial charge in [0.05, 0.1) is 6.61 Å². The van der Waals surface area contributed by atoms with Crippen LogP contribution >= 0.6 is 0 Å². The summed E-state index contributed by atoms with van der Waals surface area (Å²) in [5, 5.41) is 12.4. The molecule has 0 spiro atoms. The fourth-order valence-electron chi connectivity index (χ4n) is 1.91. The lowest BCUT2D eigenvalue weighted by Crippen LogP contribution is -2.28. The number of rotatable bonds is 1. The average Bonchev–Trinajstić information content (AvgIpc) is 2.54. The van der Waals surface area contributed by atoms with Gasteiger partial charge in [-0.15, -0.1) is 0 Å². The van der Waals surface area contributed by atoms with Gasteiger partial charge >= 0.3 is 7.12 Å². The van der Waals surface area contributed by atoms with Crippen LogP contribution in [0.1, 0.15) is 12.8 Å². The third kappa shape index (κ3) is 1.71. The highest BCUT2D eigenvalue weighted by Gasteiger charge is 2.25. The van der Waals surface area contributed by atoms with E-state index < -0.39 is 7.12 Å². The lowest BCUT2D eigenvalue weighted by atomic mass is 9.84. The maximum atomic E-state index is 9.12. The van der Waals surface area contributed by atoms with Crippen molar-refractivity contribution in [2.24, 2.45) is 5.92 Å². The molecule has 0 aromatic heterocycles. The molecule has 0 saturated carbocycles. The maximum absolute atomic E-state index is 9.12. The van der Waals surface area contributed by atoms with E-state index in [4.69, 9.17) is 9.68 Å². The van der Waals surface area contributed by atoms with Crippen molar-refractivity contribution in [3.63, 3.8) is 0 Å². The highest BCUT2D eigenvalue weighted by molar-refractivity contribution is 6.50. The van der Waals surface area contributed by atoms with Crippen LogP contribution in [0, 0.1) is 5.92 Å². The second-order valence-electron chi connectivity index (χ2n) is 3.47. The van der Waals surface area contributed by atoms with Crippen molar-refractivity contribution in [1.82, 2.24) is 5.32 Å². The zero-order valence-corrected chi connectivity index (χ0v) is 7.12. The van der Waals surface area contributed by atoms with E-state index in [1.807, 2.05) is 5.98 Å². The molecule has 0 unspecified atom stereocenters. The van der Waals surface area contributed by atoms with Gasteiger partial charge in [-0.3, -0.25) is 0 Å². The number of piperidine rings is 1. The summed E-state index contributed by atoms with van der Waals surface area (Å²) in [5.41, 5.74) is 1.30. The van der Waals surface area contributed by atoms with E-state index >= 15 is 0 Å². The van der Waals surface area contributed by atoms with E-state index in [2.05, 4.69) is 5.32 Å². The Bertz CT molecular complexity index is 189. The molecule has 3 nitrogen and oxygen atoms in total. The van der Waals surface area contributed by atoms with Gasteiger partial charge in [0.1, 0.15) is 0 Å². The molecule has 2 aliphatic heterocycles. The van der Waals surface area contributed by atoms with E-state index in [9.17, 15) is 0 Å². The van der Waals surface area contributed by atoms with Crippen LogP contribution in [0.3, 0.4) is 0 Å². The van der Waals surface area contributed by atoms with E-state index in [1.54, 1.807) is 0 Å². The molecule has 2 rings (SSSR count). The van der Waals surface area contributed by atoms with Gasteiger partial charge in [-0.2, -0.15) is 0 Å². The van der Waals surface area contributed by atoms with Crippen molar-refractivity contribution < 1.29 is 9.68 Å². The zero-order chi connectivity index (χ0) is 8.39. The molecule has 2 aliphatic rings. The summed E-state index contributed by atoms with van der Waals surface area (Å²) in [4.78, 5) is 0. The first-order chi connectivity index (χ1) is 5.86. The van der Waals surface area contributed by atoms with Crippen LogP contribution in [-0.2, 0) is 4.65 Å². The van der Waals surface area contributed by atoms with Crippen LogP contribution in [0.4, 0.5) is 0 Å². The summed E-state index contributed by atoms with van der Waals surface area (Å²) in [6, 6.07) is 0. The summed E-state index contributed by atoms with van der Waals surface area (Å²) >= 11 is 0. The topological polar surface area (TPSA) is 41.5 Å². The minimum absolute atomic E-state index is 0.631. The molecule has 4 heteroatoms. The van der Waals surface area contributed by atoms with Crippen molar-refractivity contribution in [1.29, 1.82) is 0 Å². The second-order valence-corrected chi connectivity index (χ2v) is 3.47. The predicted molar refractivity (Wildman–Crippen MR) is 47.6 cm³/mol. The van der Waals surface area contributed by atoms with Crippen LogP contribution in [-0.4, -0.2) is 31.8 Å². The van der Waals surface area contributed by atoms with Crippen molar-refractivity contribution in [3.8, 4) is 0 Å². The van der Waals surface area contributed by atoms with Crippen LogP contribution in [0.2, 0.25) is 0 Å². The Morgan fingerprint density at radius 2 is 2.25 bits per heavy atom. The van der Waals surface area contributed by atoms with Gasteiger partial charge in [0.25, 0.3) is 0 Å². The van der Waals surface area contributed by atoms with Crippen LogP contribution < -0.4 is 5.32 Å². The minimum Gasteiger partial charge on any atom is -0.423 e. The summed E-state index contributed by atoms with van der Waals surface area (Å²) in [6.45, 7) is 2.82. The summed E-state index contributed by atoms with van der Waals surface area (Å²) in [7, 11) is -0.644. The SMILES string of the molecule is OB1C=C(C2CCNCC2)CO1. The van der Waals surface area contributed by atoms with Gasteiger partial charge < -0.3 is 15.0 Å². The summed E-state index contributed by atoms with van der Waals surface area (Å²) in [6.07, 6.45) is 2.36. The highest BCUT2D eigenvalue weighted by atomic mass is 16.5. The molecular formula is C8H14BNO2. The van der Waals surface area contributed by atoms with Crippen LogP contribution in [0.25, 0.3) is 0 Å². The molecule has 0 aromatic carbocycles. The standard InChI is InChI=1S/C8H14BNO2/c11-9-5-8(6-12-9)7-1-3-10-4-2-7/h5,7,10-11H,1-4,6H2. The van der Waals surface area contributed by atoms with E-state index in [0.717, 1.165) is 13.1 Å². The van der Waals surface area contributed by atoms with Gasteiger partial charge in [-0.25, -0.2) is 0 Å². The molecule has 0 bridgehead atoms.